The molecule has 0 aliphatic carbocycles. The lowest BCUT2D eigenvalue weighted by atomic mass is 10.1. The highest BCUT2D eigenvalue weighted by Gasteiger charge is 1.96. The monoisotopic (exact) mass is 224 g/mol. The zero-order chi connectivity index (χ0) is 11.6. The van der Waals surface area contributed by atoms with Crippen LogP contribution in [-0.4, -0.2) is 13.3 Å². The summed E-state index contributed by atoms with van der Waals surface area (Å²) >= 11 is 0. The molecule has 0 aromatic heterocycles. The van der Waals surface area contributed by atoms with Crippen molar-refractivity contribution in [3.05, 3.63) is 29.8 Å². The highest BCUT2D eigenvalue weighted by molar-refractivity contribution is 5.27. The van der Waals surface area contributed by atoms with Crippen LogP contribution in [0.25, 0.3) is 0 Å². The number of aryl methyl sites for hydroxylation is 1. The standard InChI is InChI=1S/C14H21FO/c1-2-3-4-12-16-14-9-7-13(8-10-14)6-5-11-15/h7-10H,2-6,11-12H2,1H3. The molecule has 0 atom stereocenters. The number of alkyl halides is 1. The van der Waals surface area contributed by atoms with Crippen LogP contribution >= 0.6 is 0 Å². The Hall–Kier alpha value is -1.05. The number of hydrogen-bond donors (Lipinski definition) is 0. The predicted molar refractivity (Wildman–Crippen MR) is 65.8 cm³/mol. The van der Waals surface area contributed by atoms with Gasteiger partial charge in [-0.25, -0.2) is 0 Å². The van der Waals surface area contributed by atoms with Crippen molar-refractivity contribution in [2.75, 3.05) is 13.3 Å². The summed E-state index contributed by atoms with van der Waals surface area (Å²) in [6.07, 6.45) is 4.96. The van der Waals surface area contributed by atoms with E-state index < -0.39 is 0 Å². The molecule has 90 valence electrons. The third-order valence-electron chi connectivity index (χ3n) is 2.54. The third-order valence-corrected chi connectivity index (χ3v) is 2.54. The van der Waals surface area contributed by atoms with E-state index in [9.17, 15) is 4.39 Å². The van der Waals surface area contributed by atoms with E-state index in [0.29, 0.717) is 6.42 Å². The average molecular weight is 224 g/mol. The molecule has 0 bridgehead atoms. The lowest BCUT2D eigenvalue weighted by molar-refractivity contribution is 0.306. The largest absolute Gasteiger partial charge is 0.494 e. The number of halogens is 1. The van der Waals surface area contributed by atoms with Gasteiger partial charge in [0, 0.05) is 0 Å². The minimum Gasteiger partial charge on any atom is -0.494 e. The Balaban J connectivity index is 2.27. The first-order valence-electron chi connectivity index (χ1n) is 6.14. The van der Waals surface area contributed by atoms with Crippen LogP contribution in [0.4, 0.5) is 4.39 Å². The second-order valence-electron chi connectivity index (χ2n) is 3.99. The smallest absolute Gasteiger partial charge is 0.119 e. The lowest BCUT2D eigenvalue weighted by Gasteiger charge is -2.06. The molecule has 0 N–H and O–H groups in total. The highest BCUT2D eigenvalue weighted by atomic mass is 19.1. The summed E-state index contributed by atoms with van der Waals surface area (Å²) in [6, 6.07) is 7.98. The molecule has 0 spiro atoms. The van der Waals surface area contributed by atoms with Gasteiger partial charge in [-0.2, -0.15) is 0 Å². The molecule has 1 rings (SSSR count). The van der Waals surface area contributed by atoms with Gasteiger partial charge in [-0.3, -0.25) is 4.39 Å². The maximum atomic E-state index is 12.0. The van der Waals surface area contributed by atoms with E-state index in [1.54, 1.807) is 0 Å². The summed E-state index contributed by atoms with van der Waals surface area (Å²) in [6.45, 7) is 2.73. The van der Waals surface area contributed by atoms with Crippen LogP contribution in [0, 0.1) is 0 Å². The molecule has 16 heavy (non-hydrogen) atoms. The molecule has 0 radical (unpaired) electrons. The quantitative estimate of drug-likeness (QED) is 0.602. The SMILES string of the molecule is CCCCCOc1ccc(CCCF)cc1. The summed E-state index contributed by atoms with van der Waals surface area (Å²) in [5.74, 6) is 0.917. The number of benzene rings is 1. The average Bonchev–Trinajstić information content (AvgIpc) is 2.33. The van der Waals surface area contributed by atoms with Gasteiger partial charge < -0.3 is 4.74 Å². The number of rotatable bonds is 8. The van der Waals surface area contributed by atoms with Gasteiger partial charge in [0.05, 0.1) is 13.3 Å². The maximum absolute atomic E-state index is 12.0. The highest BCUT2D eigenvalue weighted by Crippen LogP contribution is 2.14. The second-order valence-corrected chi connectivity index (χ2v) is 3.99. The van der Waals surface area contributed by atoms with Crippen LogP contribution in [0.15, 0.2) is 24.3 Å². The molecule has 0 fully saturated rings. The fourth-order valence-corrected chi connectivity index (χ4v) is 1.57. The van der Waals surface area contributed by atoms with Gasteiger partial charge in [-0.05, 0) is 37.0 Å². The summed E-state index contributed by atoms with van der Waals surface area (Å²) in [7, 11) is 0. The van der Waals surface area contributed by atoms with Gasteiger partial charge in [0.15, 0.2) is 0 Å². The van der Waals surface area contributed by atoms with Gasteiger partial charge in [-0.1, -0.05) is 31.9 Å². The summed E-state index contributed by atoms with van der Waals surface area (Å²) in [5, 5.41) is 0. The topological polar surface area (TPSA) is 9.23 Å². The van der Waals surface area contributed by atoms with Crippen molar-refractivity contribution in [3.8, 4) is 5.75 Å². The first-order valence-corrected chi connectivity index (χ1v) is 6.14. The van der Waals surface area contributed by atoms with Gasteiger partial charge in [0.2, 0.25) is 0 Å². The van der Waals surface area contributed by atoms with Crippen molar-refractivity contribution in [3.63, 3.8) is 0 Å². The Morgan fingerprint density at radius 1 is 1.06 bits per heavy atom. The first kappa shape index (κ1) is 13.0. The van der Waals surface area contributed by atoms with Crippen molar-refractivity contribution in [1.29, 1.82) is 0 Å². The zero-order valence-electron chi connectivity index (χ0n) is 10.0. The second kappa shape index (κ2) is 8.14. The minimum atomic E-state index is -0.241. The number of hydrogen-bond acceptors (Lipinski definition) is 1. The van der Waals surface area contributed by atoms with E-state index >= 15 is 0 Å². The fraction of sp³-hybridized carbons (Fsp3) is 0.571. The van der Waals surface area contributed by atoms with Gasteiger partial charge in [0.25, 0.3) is 0 Å². The molecule has 0 unspecified atom stereocenters. The molecule has 2 heteroatoms. The van der Waals surface area contributed by atoms with Crippen molar-refractivity contribution >= 4 is 0 Å². The molecule has 0 saturated heterocycles. The molecule has 0 heterocycles. The van der Waals surface area contributed by atoms with Gasteiger partial charge in [0.1, 0.15) is 5.75 Å². The minimum absolute atomic E-state index is 0.241. The van der Waals surface area contributed by atoms with Crippen LogP contribution in [0.5, 0.6) is 5.75 Å². The van der Waals surface area contributed by atoms with Gasteiger partial charge >= 0.3 is 0 Å². The maximum Gasteiger partial charge on any atom is 0.119 e. The van der Waals surface area contributed by atoms with Crippen molar-refractivity contribution < 1.29 is 9.13 Å². The molecular formula is C14H21FO. The van der Waals surface area contributed by atoms with E-state index in [-0.39, 0.29) is 6.67 Å². The summed E-state index contributed by atoms with van der Waals surface area (Å²) in [4.78, 5) is 0. The normalized spacial score (nSPS) is 10.4. The van der Waals surface area contributed by atoms with Crippen LogP contribution in [-0.2, 0) is 6.42 Å². The lowest BCUT2D eigenvalue weighted by Crippen LogP contribution is -1.97. The molecule has 0 saturated carbocycles. The third kappa shape index (κ3) is 5.15. The van der Waals surface area contributed by atoms with E-state index in [0.717, 1.165) is 25.2 Å². The summed E-state index contributed by atoms with van der Waals surface area (Å²) < 4.78 is 17.6. The van der Waals surface area contributed by atoms with Crippen LogP contribution in [0.3, 0.4) is 0 Å². The van der Waals surface area contributed by atoms with Crippen molar-refractivity contribution in [1.82, 2.24) is 0 Å². The Bertz CT molecular complexity index is 269. The van der Waals surface area contributed by atoms with E-state index in [4.69, 9.17) is 4.74 Å². The molecule has 1 nitrogen and oxygen atoms in total. The molecule has 1 aromatic carbocycles. The number of unbranched alkanes of at least 4 members (excludes halogenated alkanes) is 2. The Morgan fingerprint density at radius 2 is 1.81 bits per heavy atom. The van der Waals surface area contributed by atoms with E-state index in [2.05, 4.69) is 6.92 Å². The predicted octanol–water partition coefficient (Wildman–Crippen LogP) is 4.16. The van der Waals surface area contributed by atoms with Crippen LogP contribution in [0.1, 0.15) is 38.2 Å². The van der Waals surface area contributed by atoms with Gasteiger partial charge in [-0.15, -0.1) is 0 Å². The molecule has 1 aromatic rings. The molecular weight excluding hydrogens is 203 g/mol. The van der Waals surface area contributed by atoms with Crippen molar-refractivity contribution in [2.45, 2.75) is 39.0 Å². The van der Waals surface area contributed by atoms with Crippen molar-refractivity contribution in [2.24, 2.45) is 0 Å². The Morgan fingerprint density at radius 3 is 2.44 bits per heavy atom. The first-order chi connectivity index (χ1) is 7.86. The Kier molecular flexibility index (Phi) is 6.62. The van der Waals surface area contributed by atoms with Crippen LogP contribution in [0.2, 0.25) is 0 Å². The molecule has 0 amide bonds. The van der Waals surface area contributed by atoms with E-state index in [1.807, 2.05) is 24.3 Å². The fourth-order valence-electron chi connectivity index (χ4n) is 1.57. The summed E-state index contributed by atoms with van der Waals surface area (Å²) in [5.41, 5.74) is 1.18. The molecule has 0 aliphatic heterocycles. The van der Waals surface area contributed by atoms with Crippen LogP contribution < -0.4 is 4.74 Å². The molecule has 0 aliphatic rings. The zero-order valence-corrected chi connectivity index (χ0v) is 10.0. The Labute approximate surface area is 97.6 Å². The number of ether oxygens (including phenoxy) is 1. The van der Waals surface area contributed by atoms with E-state index in [1.165, 1.54) is 18.4 Å².